The maximum atomic E-state index is 12.0. The van der Waals surface area contributed by atoms with E-state index in [0.29, 0.717) is 5.39 Å². The number of hydrogen-bond donors (Lipinski definition) is 0. The van der Waals surface area contributed by atoms with E-state index in [-0.39, 0.29) is 10.8 Å². The molecule has 4 aromatic carbocycles. The highest BCUT2D eigenvalue weighted by Gasteiger charge is 2.15. The van der Waals surface area contributed by atoms with Gasteiger partial charge in [0.15, 0.2) is 0 Å². The molecule has 0 N–H and O–H groups in total. The van der Waals surface area contributed by atoms with Gasteiger partial charge in [0, 0.05) is 10.8 Å². The van der Waals surface area contributed by atoms with Crippen LogP contribution in [0.5, 0.6) is 0 Å². The molecular formula is C17H8O3. The number of rotatable bonds is 0. The van der Waals surface area contributed by atoms with Gasteiger partial charge in [-0.25, -0.2) is 0 Å². The second-order valence-corrected chi connectivity index (χ2v) is 4.86. The topological polar surface area (TPSA) is 51.2 Å². The van der Waals surface area contributed by atoms with Gasteiger partial charge in [-0.3, -0.25) is 14.4 Å². The second kappa shape index (κ2) is 3.61. The van der Waals surface area contributed by atoms with Crippen molar-refractivity contribution in [1.29, 1.82) is 0 Å². The Morgan fingerprint density at radius 1 is 0.500 bits per heavy atom. The van der Waals surface area contributed by atoms with Gasteiger partial charge in [0.25, 0.3) is 5.43 Å². The molecule has 4 aromatic rings. The third-order valence-corrected chi connectivity index (χ3v) is 3.81. The summed E-state index contributed by atoms with van der Waals surface area (Å²) in [4.78, 5) is 35.3. The van der Waals surface area contributed by atoms with E-state index in [1.165, 1.54) is 0 Å². The lowest BCUT2D eigenvalue weighted by molar-refractivity contribution is 1.56. The summed E-state index contributed by atoms with van der Waals surface area (Å²) in [5, 5.41) is 4.10. The van der Waals surface area contributed by atoms with Gasteiger partial charge in [-0.05, 0) is 27.6 Å². The van der Waals surface area contributed by atoms with Crippen LogP contribution in [0.2, 0.25) is 0 Å². The molecule has 0 atom stereocenters. The van der Waals surface area contributed by atoms with Crippen molar-refractivity contribution in [2.45, 2.75) is 0 Å². The molecular weight excluding hydrogens is 252 g/mol. The van der Waals surface area contributed by atoms with Crippen molar-refractivity contribution in [1.82, 2.24) is 0 Å². The first kappa shape index (κ1) is 11.1. The Morgan fingerprint density at radius 3 is 2.05 bits per heavy atom. The van der Waals surface area contributed by atoms with Crippen LogP contribution in [0.3, 0.4) is 0 Å². The lowest BCUT2D eigenvalue weighted by Crippen LogP contribution is -2.29. The lowest BCUT2D eigenvalue weighted by atomic mass is 9.99. The maximum Gasteiger partial charge on any atom is 0.274 e. The first-order valence-corrected chi connectivity index (χ1v) is 6.26. The molecule has 0 heterocycles. The fourth-order valence-corrected chi connectivity index (χ4v) is 2.86. The van der Waals surface area contributed by atoms with Gasteiger partial charge in [-0.1, -0.05) is 42.5 Å². The summed E-state index contributed by atoms with van der Waals surface area (Å²) in [6, 6.07) is 14.9. The SMILES string of the molecule is O=c1c(=O)c2ccc3c4ccccc4ccc3c2c1=O. The van der Waals surface area contributed by atoms with Crippen LogP contribution in [0, 0.1) is 0 Å². The molecule has 0 radical (unpaired) electrons. The Hall–Kier alpha value is -2.81. The first-order chi connectivity index (χ1) is 9.68. The van der Waals surface area contributed by atoms with Gasteiger partial charge in [-0.15, -0.1) is 0 Å². The minimum absolute atomic E-state index is 0.225. The monoisotopic (exact) mass is 260 g/mol. The average molecular weight is 260 g/mol. The van der Waals surface area contributed by atoms with Gasteiger partial charge in [0.05, 0.1) is 0 Å². The zero-order valence-corrected chi connectivity index (χ0v) is 10.3. The van der Waals surface area contributed by atoms with Crippen molar-refractivity contribution >= 4 is 32.3 Å². The van der Waals surface area contributed by atoms with Gasteiger partial charge in [-0.2, -0.15) is 0 Å². The van der Waals surface area contributed by atoms with Crippen molar-refractivity contribution in [2.75, 3.05) is 0 Å². The Morgan fingerprint density at radius 2 is 1.20 bits per heavy atom. The van der Waals surface area contributed by atoms with E-state index in [1.807, 2.05) is 30.3 Å². The molecule has 0 saturated carbocycles. The third-order valence-electron chi connectivity index (χ3n) is 3.81. The van der Waals surface area contributed by atoms with Crippen LogP contribution in [0.25, 0.3) is 32.3 Å². The van der Waals surface area contributed by atoms with Crippen LogP contribution in [0.15, 0.2) is 62.9 Å². The summed E-state index contributed by atoms with van der Waals surface area (Å²) in [6.07, 6.45) is 0. The highest BCUT2D eigenvalue weighted by Crippen LogP contribution is 2.28. The van der Waals surface area contributed by atoms with Crippen LogP contribution in [0.4, 0.5) is 0 Å². The summed E-state index contributed by atoms with van der Waals surface area (Å²) in [5.74, 6) is 0. The highest BCUT2D eigenvalue weighted by molar-refractivity contribution is 6.17. The van der Waals surface area contributed by atoms with Crippen molar-refractivity contribution in [3.8, 4) is 0 Å². The predicted octanol–water partition coefficient (Wildman–Crippen LogP) is 2.10. The van der Waals surface area contributed by atoms with Gasteiger partial charge in [0.2, 0.25) is 10.9 Å². The Labute approximate surface area is 112 Å². The Bertz CT molecular complexity index is 1150. The minimum Gasteiger partial charge on any atom is -0.285 e. The maximum absolute atomic E-state index is 12.0. The van der Waals surface area contributed by atoms with Crippen LogP contribution in [0.1, 0.15) is 0 Å². The van der Waals surface area contributed by atoms with E-state index in [0.717, 1.165) is 16.2 Å². The second-order valence-electron chi connectivity index (χ2n) is 4.86. The molecule has 0 bridgehead atoms. The van der Waals surface area contributed by atoms with E-state index >= 15 is 0 Å². The molecule has 3 heteroatoms. The molecule has 3 nitrogen and oxygen atoms in total. The smallest absolute Gasteiger partial charge is 0.274 e. The van der Waals surface area contributed by atoms with Crippen molar-refractivity contribution in [2.24, 2.45) is 0 Å². The van der Waals surface area contributed by atoms with E-state index in [1.54, 1.807) is 18.2 Å². The molecule has 0 amide bonds. The minimum atomic E-state index is -0.930. The molecule has 0 aliphatic carbocycles. The van der Waals surface area contributed by atoms with Crippen molar-refractivity contribution in [3.63, 3.8) is 0 Å². The zero-order chi connectivity index (χ0) is 13.9. The number of hydrogen-bond acceptors (Lipinski definition) is 3. The fraction of sp³-hybridized carbons (Fsp3) is 0. The average Bonchev–Trinajstić information content (AvgIpc) is 2.72. The van der Waals surface area contributed by atoms with Gasteiger partial charge >= 0.3 is 0 Å². The lowest BCUT2D eigenvalue weighted by Gasteiger charge is -2.04. The van der Waals surface area contributed by atoms with E-state index in [4.69, 9.17) is 0 Å². The molecule has 0 aliphatic heterocycles. The normalized spacial score (nSPS) is 11.6. The molecule has 0 saturated heterocycles. The molecule has 0 unspecified atom stereocenters. The third kappa shape index (κ3) is 1.21. The Kier molecular flexibility index (Phi) is 1.99. The summed E-state index contributed by atoms with van der Waals surface area (Å²) >= 11 is 0. The largest absolute Gasteiger partial charge is 0.285 e. The molecule has 94 valence electrons. The fourth-order valence-electron chi connectivity index (χ4n) is 2.86. The van der Waals surface area contributed by atoms with Crippen LogP contribution >= 0.6 is 0 Å². The molecule has 0 fully saturated rings. The standard InChI is InChI=1S/C17H8O3/c18-15-13-8-7-11-10-4-2-1-3-9(10)5-6-12(11)14(13)16(19)17(15)20/h1-8H. The molecule has 0 spiro atoms. The van der Waals surface area contributed by atoms with E-state index < -0.39 is 16.3 Å². The zero-order valence-electron chi connectivity index (χ0n) is 10.3. The molecule has 0 aliphatic rings. The van der Waals surface area contributed by atoms with Gasteiger partial charge in [0.1, 0.15) is 0 Å². The number of fused-ring (bicyclic) bond motifs is 5. The van der Waals surface area contributed by atoms with E-state index in [9.17, 15) is 14.4 Å². The van der Waals surface area contributed by atoms with Crippen LogP contribution in [-0.4, -0.2) is 0 Å². The quantitative estimate of drug-likeness (QED) is 0.359. The summed E-state index contributed by atoms with van der Waals surface area (Å²) in [5.41, 5.74) is -2.31. The van der Waals surface area contributed by atoms with Gasteiger partial charge < -0.3 is 0 Å². The molecule has 4 rings (SSSR count). The predicted molar refractivity (Wildman–Crippen MR) is 80.1 cm³/mol. The molecule has 0 aromatic heterocycles. The Balaban J connectivity index is 2.42. The summed E-state index contributed by atoms with van der Waals surface area (Å²) in [7, 11) is 0. The van der Waals surface area contributed by atoms with Crippen LogP contribution < -0.4 is 16.3 Å². The van der Waals surface area contributed by atoms with E-state index in [2.05, 4.69) is 0 Å². The highest BCUT2D eigenvalue weighted by atomic mass is 16.2. The number of benzene rings is 3. The summed E-state index contributed by atoms with van der Waals surface area (Å²) < 4.78 is 0. The summed E-state index contributed by atoms with van der Waals surface area (Å²) in [6.45, 7) is 0. The first-order valence-electron chi connectivity index (χ1n) is 6.26. The van der Waals surface area contributed by atoms with Crippen molar-refractivity contribution in [3.05, 3.63) is 79.2 Å². The molecule has 20 heavy (non-hydrogen) atoms. The van der Waals surface area contributed by atoms with Crippen LogP contribution in [-0.2, 0) is 0 Å². The van der Waals surface area contributed by atoms with Crippen molar-refractivity contribution < 1.29 is 0 Å².